The number of rotatable bonds is 5. The van der Waals surface area contributed by atoms with Gasteiger partial charge in [0.15, 0.2) is 0 Å². The molecule has 3 N–H and O–H groups in total. The zero-order valence-corrected chi connectivity index (χ0v) is 18.6. The smallest absolute Gasteiger partial charge is 0.314 e. The lowest BCUT2D eigenvalue weighted by Gasteiger charge is -2.27. The van der Waals surface area contributed by atoms with Crippen LogP contribution in [0.3, 0.4) is 0 Å². The fourth-order valence-corrected chi connectivity index (χ4v) is 3.28. The summed E-state index contributed by atoms with van der Waals surface area (Å²) in [6, 6.07) is 0.759. The molecule has 1 aliphatic carbocycles. The van der Waals surface area contributed by atoms with Gasteiger partial charge in [-0.05, 0) is 38.1 Å². The molecule has 1 aliphatic rings. The maximum absolute atomic E-state index is 13.7. The van der Waals surface area contributed by atoms with E-state index in [-0.39, 0.29) is 35.2 Å². The molecule has 184 valence electrons. The molecule has 0 aliphatic heterocycles. The van der Waals surface area contributed by atoms with Gasteiger partial charge in [-0.3, -0.25) is 15.1 Å². The second-order valence-corrected chi connectivity index (χ2v) is 7.94. The van der Waals surface area contributed by atoms with Crippen LogP contribution in [0.25, 0.3) is 0 Å². The highest BCUT2D eigenvalue weighted by atomic mass is 35.5. The van der Waals surface area contributed by atoms with Gasteiger partial charge in [0.1, 0.15) is 17.7 Å². The van der Waals surface area contributed by atoms with E-state index in [1.807, 2.05) is 0 Å². The summed E-state index contributed by atoms with van der Waals surface area (Å²) in [5, 5.41) is 6.86. The molecule has 1 fully saturated rings. The molecule has 1 aromatic rings. The second kappa shape index (κ2) is 11.2. The number of nitrogens with one attached hydrogen (secondary N) is 3. The van der Waals surface area contributed by atoms with E-state index in [4.69, 9.17) is 11.6 Å². The van der Waals surface area contributed by atoms with Crippen molar-refractivity contribution in [3.05, 3.63) is 34.6 Å². The number of nitrogens with zero attached hydrogens (tertiary/aromatic N) is 2. The SMILES string of the molecule is CN=C(CC(NC)C(F)(F)F)NC(=NC1CCC(F)(F)CC1)NC(=O)c1ccc(Cl)c(F)c1. The van der Waals surface area contributed by atoms with Gasteiger partial charge in [0.2, 0.25) is 11.9 Å². The quantitative estimate of drug-likeness (QED) is 0.321. The Morgan fingerprint density at radius 3 is 2.39 bits per heavy atom. The fourth-order valence-electron chi connectivity index (χ4n) is 3.16. The maximum atomic E-state index is 13.7. The van der Waals surface area contributed by atoms with Gasteiger partial charge in [0.25, 0.3) is 5.91 Å². The van der Waals surface area contributed by atoms with E-state index in [1.54, 1.807) is 0 Å². The van der Waals surface area contributed by atoms with Gasteiger partial charge in [0.05, 0.1) is 11.1 Å². The Morgan fingerprint density at radius 2 is 1.88 bits per heavy atom. The topological polar surface area (TPSA) is 77.9 Å². The Hall–Kier alpha value is -2.34. The highest BCUT2D eigenvalue weighted by Crippen LogP contribution is 2.34. The second-order valence-electron chi connectivity index (χ2n) is 7.53. The van der Waals surface area contributed by atoms with Gasteiger partial charge in [-0.25, -0.2) is 18.2 Å². The van der Waals surface area contributed by atoms with Crippen LogP contribution in [0.4, 0.5) is 26.3 Å². The summed E-state index contributed by atoms with van der Waals surface area (Å²) in [5.41, 5.74) is -0.125. The van der Waals surface area contributed by atoms with Gasteiger partial charge in [-0.1, -0.05) is 11.6 Å². The number of hydrogen-bond donors (Lipinski definition) is 3. The van der Waals surface area contributed by atoms with Crippen LogP contribution in [0.15, 0.2) is 28.2 Å². The van der Waals surface area contributed by atoms with Crippen molar-refractivity contribution in [2.75, 3.05) is 14.1 Å². The molecule has 0 saturated heterocycles. The summed E-state index contributed by atoms with van der Waals surface area (Å²) >= 11 is 5.61. The molecule has 0 heterocycles. The van der Waals surface area contributed by atoms with Crippen molar-refractivity contribution >= 4 is 29.3 Å². The zero-order valence-electron chi connectivity index (χ0n) is 17.9. The first-order valence-corrected chi connectivity index (χ1v) is 10.4. The Morgan fingerprint density at radius 1 is 1.24 bits per heavy atom. The molecule has 0 spiro atoms. The molecule has 0 bridgehead atoms. The highest BCUT2D eigenvalue weighted by Gasteiger charge is 2.39. The van der Waals surface area contributed by atoms with E-state index in [2.05, 4.69) is 25.9 Å². The average molecular weight is 500 g/mol. The molecule has 33 heavy (non-hydrogen) atoms. The first kappa shape index (κ1) is 26.9. The average Bonchev–Trinajstić information content (AvgIpc) is 2.73. The zero-order chi connectivity index (χ0) is 24.8. The Bertz CT molecular complexity index is 895. The third-order valence-corrected chi connectivity index (χ3v) is 5.39. The van der Waals surface area contributed by atoms with Crippen LogP contribution in [0.2, 0.25) is 5.02 Å². The predicted octanol–water partition coefficient (Wildman–Crippen LogP) is 4.30. The number of guanidine groups is 1. The van der Waals surface area contributed by atoms with Crippen LogP contribution in [-0.4, -0.2) is 56.0 Å². The summed E-state index contributed by atoms with van der Waals surface area (Å²) in [6.07, 6.45) is -5.95. The molecular weight excluding hydrogens is 476 g/mol. The Kier molecular flexibility index (Phi) is 9.12. The van der Waals surface area contributed by atoms with E-state index in [0.717, 1.165) is 13.1 Å². The number of hydrogen-bond acceptors (Lipinski definition) is 4. The Labute approximate surface area is 191 Å². The van der Waals surface area contributed by atoms with Crippen LogP contribution >= 0.6 is 11.6 Å². The largest absolute Gasteiger partial charge is 0.404 e. The van der Waals surface area contributed by atoms with Gasteiger partial charge in [-0.15, -0.1) is 0 Å². The molecular formula is C20H24ClF6N5O. The van der Waals surface area contributed by atoms with Crippen LogP contribution in [0.5, 0.6) is 0 Å². The predicted molar refractivity (Wildman–Crippen MR) is 114 cm³/mol. The molecule has 1 atom stereocenters. The minimum Gasteiger partial charge on any atom is -0.314 e. The van der Waals surface area contributed by atoms with Crippen molar-refractivity contribution < 1.29 is 31.1 Å². The number of aliphatic imine (C=N–C) groups is 2. The van der Waals surface area contributed by atoms with Crippen LogP contribution in [0.1, 0.15) is 42.5 Å². The first-order chi connectivity index (χ1) is 15.3. The molecule has 0 radical (unpaired) electrons. The monoisotopic (exact) mass is 499 g/mol. The summed E-state index contributed by atoms with van der Waals surface area (Å²) in [6.45, 7) is 0. The van der Waals surface area contributed by atoms with E-state index >= 15 is 0 Å². The summed E-state index contributed by atoms with van der Waals surface area (Å²) < 4.78 is 80.1. The minimum atomic E-state index is -4.57. The lowest BCUT2D eigenvalue weighted by Crippen LogP contribution is -2.49. The summed E-state index contributed by atoms with van der Waals surface area (Å²) in [5.74, 6) is -4.92. The number of carbonyl (C=O) groups excluding carboxylic acids is 1. The highest BCUT2D eigenvalue weighted by molar-refractivity contribution is 6.30. The first-order valence-electron chi connectivity index (χ1n) is 10.0. The van der Waals surface area contributed by atoms with Crippen molar-refractivity contribution in [2.45, 2.75) is 56.3 Å². The molecule has 1 amide bonds. The molecule has 13 heteroatoms. The van der Waals surface area contributed by atoms with Crippen molar-refractivity contribution in [1.82, 2.24) is 16.0 Å². The number of alkyl halides is 5. The van der Waals surface area contributed by atoms with Gasteiger partial charge in [0, 0.05) is 31.9 Å². The van der Waals surface area contributed by atoms with Crippen molar-refractivity contribution in [3.63, 3.8) is 0 Å². The lowest BCUT2D eigenvalue weighted by atomic mass is 9.93. The van der Waals surface area contributed by atoms with E-state index < -0.39 is 55.2 Å². The fraction of sp³-hybridized carbons (Fsp3) is 0.550. The standard InChI is InChI=1S/C20H24ClF6N5O/c1-28-15(20(25,26)27)10-16(29-2)31-18(30-12-5-7-19(23,24)8-6-12)32-17(33)11-3-4-13(21)14(22)9-11/h3-4,9,12,15,28H,5-8,10H2,1-2H3,(H2,29,30,31,32,33). The number of amidine groups is 1. The normalized spacial score (nSPS) is 18.7. The van der Waals surface area contributed by atoms with Crippen molar-refractivity contribution in [3.8, 4) is 0 Å². The van der Waals surface area contributed by atoms with Gasteiger partial charge < -0.3 is 10.6 Å². The van der Waals surface area contributed by atoms with Crippen molar-refractivity contribution in [1.29, 1.82) is 0 Å². The minimum absolute atomic E-state index is 0.0178. The third kappa shape index (κ3) is 8.18. The van der Waals surface area contributed by atoms with E-state index in [1.165, 1.54) is 19.2 Å². The van der Waals surface area contributed by atoms with Crippen LogP contribution < -0.4 is 16.0 Å². The van der Waals surface area contributed by atoms with E-state index in [0.29, 0.717) is 0 Å². The number of amides is 1. The summed E-state index contributed by atoms with van der Waals surface area (Å²) in [7, 11) is 2.39. The molecule has 2 rings (SSSR count). The van der Waals surface area contributed by atoms with Gasteiger partial charge in [-0.2, -0.15) is 13.2 Å². The molecule has 1 saturated carbocycles. The summed E-state index contributed by atoms with van der Waals surface area (Å²) in [4.78, 5) is 20.6. The molecule has 6 nitrogen and oxygen atoms in total. The van der Waals surface area contributed by atoms with Gasteiger partial charge >= 0.3 is 6.18 Å². The number of benzene rings is 1. The number of halogens is 7. The molecule has 0 aromatic heterocycles. The van der Waals surface area contributed by atoms with Crippen LogP contribution in [-0.2, 0) is 0 Å². The molecule has 1 unspecified atom stereocenters. The maximum Gasteiger partial charge on any atom is 0.404 e. The Balaban J connectivity index is 2.25. The third-order valence-electron chi connectivity index (χ3n) is 5.09. The molecule has 1 aromatic carbocycles. The number of carbonyl (C=O) groups is 1. The van der Waals surface area contributed by atoms with Crippen LogP contribution in [0, 0.1) is 5.82 Å². The van der Waals surface area contributed by atoms with E-state index in [9.17, 15) is 31.1 Å². The lowest BCUT2D eigenvalue weighted by molar-refractivity contribution is -0.152. The van der Waals surface area contributed by atoms with Crippen molar-refractivity contribution in [2.24, 2.45) is 9.98 Å².